The molecule has 0 spiro atoms. The van der Waals surface area contributed by atoms with E-state index in [-0.39, 0.29) is 0 Å². The monoisotopic (exact) mass is 237 g/mol. The van der Waals surface area contributed by atoms with E-state index in [1.165, 1.54) is 17.6 Å². The van der Waals surface area contributed by atoms with Gasteiger partial charge < -0.3 is 0 Å². The van der Waals surface area contributed by atoms with Crippen molar-refractivity contribution >= 4 is 21.2 Å². The minimum absolute atomic E-state index is 0.354. The Balaban J connectivity index is 2.42. The Morgan fingerprint density at radius 3 is 2.27 bits per heavy atom. The third kappa shape index (κ3) is 2.27. The molecule has 0 saturated heterocycles. The van der Waals surface area contributed by atoms with Crippen molar-refractivity contribution in [3.05, 3.63) is 41.8 Å². The van der Waals surface area contributed by atoms with Crippen LogP contribution in [0.25, 0.3) is 10.4 Å². The maximum atomic E-state index is 11.2. The van der Waals surface area contributed by atoms with Crippen LogP contribution in [0.3, 0.4) is 0 Å². The standard InChI is InChI=1S/C11H9O2S2/c1-15(12,13)10-6-4-9(5-7-10)11-3-2-8-14-11/h2-7H,1H3. The van der Waals surface area contributed by atoms with Crippen molar-refractivity contribution in [3.63, 3.8) is 0 Å². The fourth-order valence-corrected chi connectivity index (χ4v) is 2.55. The van der Waals surface area contributed by atoms with Crippen molar-refractivity contribution in [2.24, 2.45) is 0 Å². The zero-order chi connectivity index (χ0) is 10.9. The SMILES string of the molecule is CS(=O)(=O)c1ccc(-c2cc[c]s2)cc1. The Morgan fingerprint density at radius 1 is 1.13 bits per heavy atom. The predicted molar refractivity (Wildman–Crippen MR) is 61.7 cm³/mol. The van der Waals surface area contributed by atoms with Crippen LogP contribution in [0.5, 0.6) is 0 Å². The fourth-order valence-electron chi connectivity index (χ4n) is 1.26. The summed E-state index contributed by atoms with van der Waals surface area (Å²) < 4.78 is 22.5. The molecule has 0 saturated carbocycles. The molecule has 15 heavy (non-hydrogen) atoms. The molecule has 0 atom stereocenters. The van der Waals surface area contributed by atoms with E-state index in [0.717, 1.165) is 10.4 Å². The Bertz CT molecular complexity index is 537. The molecule has 0 fully saturated rings. The molecule has 0 bridgehead atoms. The summed E-state index contributed by atoms with van der Waals surface area (Å²) in [6.07, 6.45) is 1.21. The Hall–Kier alpha value is -1.13. The van der Waals surface area contributed by atoms with Crippen molar-refractivity contribution in [3.8, 4) is 10.4 Å². The summed E-state index contributed by atoms with van der Waals surface area (Å²) in [4.78, 5) is 1.45. The molecule has 2 rings (SSSR count). The third-order valence-corrected chi connectivity index (χ3v) is 4.01. The van der Waals surface area contributed by atoms with Crippen LogP contribution in [0.15, 0.2) is 41.3 Å². The first kappa shape index (κ1) is 10.4. The maximum absolute atomic E-state index is 11.2. The van der Waals surface area contributed by atoms with Crippen molar-refractivity contribution in [1.82, 2.24) is 0 Å². The minimum atomic E-state index is -3.09. The van der Waals surface area contributed by atoms with Crippen molar-refractivity contribution < 1.29 is 8.42 Å². The van der Waals surface area contributed by atoms with Gasteiger partial charge in [0.2, 0.25) is 0 Å². The highest BCUT2D eigenvalue weighted by Crippen LogP contribution is 2.25. The number of benzene rings is 1. The molecule has 0 aliphatic rings. The molecular weight excluding hydrogens is 228 g/mol. The van der Waals surface area contributed by atoms with E-state index in [9.17, 15) is 8.42 Å². The Kier molecular flexibility index (Phi) is 2.63. The molecule has 4 heteroatoms. The zero-order valence-corrected chi connectivity index (χ0v) is 9.73. The first-order valence-electron chi connectivity index (χ1n) is 4.34. The van der Waals surface area contributed by atoms with E-state index < -0.39 is 9.84 Å². The summed E-state index contributed by atoms with van der Waals surface area (Å²) >= 11 is 1.51. The molecule has 2 nitrogen and oxygen atoms in total. The number of thiophene rings is 1. The number of sulfone groups is 1. The zero-order valence-electron chi connectivity index (χ0n) is 8.10. The molecule has 2 aromatic rings. The summed E-state index contributed by atoms with van der Waals surface area (Å²) in [5.74, 6) is 0. The highest BCUT2D eigenvalue weighted by Gasteiger charge is 2.06. The molecule has 0 N–H and O–H groups in total. The molecule has 1 aromatic heterocycles. The van der Waals surface area contributed by atoms with Gasteiger partial charge in [0.1, 0.15) is 0 Å². The molecule has 0 aliphatic carbocycles. The van der Waals surface area contributed by atoms with Crippen LogP contribution in [0, 0.1) is 5.38 Å². The molecule has 1 aromatic carbocycles. The Labute approximate surface area is 93.1 Å². The summed E-state index contributed by atoms with van der Waals surface area (Å²) in [6, 6.07) is 10.7. The highest BCUT2D eigenvalue weighted by atomic mass is 32.2. The van der Waals surface area contributed by atoms with Gasteiger partial charge >= 0.3 is 0 Å². The molecule has 1 heterocycles. The van der Waals surface area contributed by atoms with Crippen LogP contribution >= 0.6 is 11.3 Å². The van der Waals surface area contributed by atoms with Crippen molar-refractivity contribution in [1.29, 1.82) is 0 Å². The molecule has 1 radical (unpaired) electrons. The first-order chi connectivity index (χ1) is 7.07. The van der Waals surface area contributed by atoms with E-state index in [0.29, 0.717) is 4.90 Å². The first-order valence-corrected chi connectivity index (χ1v) is 7.04. The average Bonchev–Trinajstić information content (AvgIpc) is 2.69. The molecule has 0 unspecified atom stereocenters. The average molecular weight is 237 g/mol. The van der Waals surface area contributed by atoms with Crippen LogP contribution in [-0.4, -0.2) is 14.7 Å². The Morgan fingerprint density at radius 2 is 1.80 bits per heavy atom. The van der Waals surface area contributed by atoms with Gasteiger partial charge in [0.25, 0.3) is 0 Å². The summed E-state index contributed by atoms with van der Waals surface area (Å²) in [5, 5.41) is 3.00. The lowest BCUT2D eigenvalue weighted by Gasteiger charge is -2.00. The fraction of sp³-hybridized carbons (Fsp3) is 0.0909. The summed E-state index contributed by atoms with van der Waals surface area (Å²) in [7, 11) is -3.09. The minimum Gasteiger partial charge on any atom is -0.224 e. The second kappa shape index (κ2) is 3.79. The number of hydrogen-bond donors (Lipinski definition) is 0. The van der Waals surface area contributed by atoms with Crippen LogP contribution in [0.4, 0.5) is 0 Å². The van der Waals surface area contributed by atoms with E-state index in [2.05, 4.69) is 5.38 Å². The largest absolute Gasteiger partial charge is 0.224 e. The van der Waals surface area contributed by atoms with Crippen LogP contribution in [0.1, 0.15) is 0 Å². The van der Waals surface area contributed by atoms with Gasteiger partial charge in [-0.05, 0) is 29.8 Å². The van der Waals surface area contributed by atoms with Crippen LogP contribution in [-0.2, 0) is 9.84 Å². The lowest BCUT2D eigenvalue weighted by Crippen LogP contribution is -1.95. The van der Waals surface area contributed by atoms with Gasteiger partial charge in [-0.25, -0.2) is 8.42 Å². The van der Waals surface area contributed by atoms with Crippen molar-refractivity contribution in [2.45, 2.75) is 4.90 Å². The molecule has 0 aliphatic heterocycles. The molecule has 77 valence electrons. The van der Waals surface area contributed by atoms with E-state index >= 15 is 0 Å². The topological polar surface area (TPSA) is 34.1 Å². The second-order valence-electron chi connectivity index (χ2n) is 3.21. The predicted octanol–water partition coefficient (Wildman–Crippen LogP) is 2.62. The maximum Gasteiger partial charge on any atom is 0.175 e. The third-order valence-electron chi connectivity index (χ3n) is 2.04. The van der Waals surface area contributed by atoms with Crippen LogP contribution in [0.2, 0.25) is 0 Å². The lowest BCUT2D eigenvalue weighted by molar-refractivity contribution is 0.602. The van der Waals surface area contributed by atoms with Gasteiger partial charge in [-0.15, -0.1) is 11.3 Å². The summed E-state index contributed by atoms with van der Waals surface area (Å²) in [6.45, 7) is 0. The smallest absolute Gasteiger partial charge is 0.175 e. The van der Waals surface area contributed by atoms with E-state index in [1.807, 2.05) is 24.3 Å². The summed E-state index contributed by atoms with van der Waals surface area (Å²) in [5.41, 5.74) is 1.02. The van der Waals surface area contributed by atoms with Gasteiger partial charge in [0.15, 0.2) is 9.84 Å². The van der Waals surface area contributed by atoms with Crippen molar-refractivity contribution in [2.75, 3.05) is 6.26 Å². The van der Waals surface area contributed by atoms with Gasteiger partial charge in [-0.3, -0.25) is 0 Å². The number of hydrogen-bond acceptors (Lipinski definition) is 3. The molecular formula is C11H9O2S2. The number of rotatable bonds is 2. The van der Waals surface area contributed by atoms with Gasteiger partial charge in [0.05, 0.1) is 4.90 Å². The highest BCUT2D eigenvalue weighted by molar-refractivity contribution is 7.90. The lowest BCUT2D eigenvalue weighted by atomic mass is 10.2. The van der Waals surface area contributed by atoms with Gasteiger partial charge in [-0.2, -0.15) is 0 Å². The second-order valence-corrected chi connectivity index (χ2v) is 6.11. The van der Waals surface area contributed by atoms with E-state index in [1.54, 1.807) is 12.1 Å². The normalized spacial score (nSPS) is 11.5. The van der Waals surface area contributed by atoms with E-state index in [4.69, 9.17) is 0 Å². The quantitative estimate of drug-likeness (QED) is 0.804. The van der Waals surface area contributed by atoms with Gasteiger partial charge in [-0.1, -0.05) is 12.1 Å². The molecule has 0 amide bonds. The van der Waals surface area contributed by atoms with Crippen LogP contribution < -0.4 is 0 Å². The van der Waals surface area contributed by atoms with Gasteiger partial charge in [0, 0.05) is 16.5 Å².